The first-order valence-electron chi connectivity index (χ1n) is 17.8. The van der Waals surface area contributed by atoms with E-state index in [4.69, 9.17) is 4.74 Å². The van der Waals surface area contributed by atoms with Gasteiger partial charge in [-0.05, 0) is 81.1 Å². The Hall–Kier alpha value is -4.52. The summed E-state index contributed by atoms with van der Waals surface area (Å²) in [5, 5.41) is 14.0. The van der Waals surface area contributed by atoms with E-state index in [1.165, 1.54) is 35.1 Å². The molecular formula is C38H46N8O4. The molecule has 1 amide bonds. The van der Waals surface area contributed by atoms with Gasteiger partial charge in [0.15, 0.2) is 0 Å². The van der Waals surface area contributed by atoms with E-state index in [-0.39, 0.29) is 18.1 Å². The maximum atomic E-state index is 14.0. The number of aliphatic hydroxyl groups excluding tert-OH is 1. The number of nitrogens with zero attached hydrogens (tertiary/aromatic N) is 7. The Morgan fingerprint density at radius 3 is 2.64 bits per heavy atom. The third kappa shape index (κ3) is 5.41. The molecule has 3 aromatic rings. The first-order valence-corrected chi connectivity index (χ1v) is 17.8. The standard InChI is InChI=1S/C38H46N8O4/c1-5-29(31(20-47)36(39-3)46-13-12-45-33(38(46)49)16-30-24-6-7-25(14-24)35(30)45)26-15-32(37(48)42(4)19-26)41-34-9-8-27(17-40-34)44-11-10-43(18-23(44)2)28-21-50-22-28/h5,8-9,15-17,19,23-25,28,47H,3,6-7,10-14,18,20-22H2,1-2,4H3,(H,40,41)/b29-5-,36-31+/t23-,24+,25+/m0/s1. The molecule has 8 rings (SSSR count). The minimum Gasteiger partial charge on any atom is -0.392 e. The average molecular weight is 679 g/mol. The maximum Gasteiger partial charge on any atom is 0.276 e. The summed E-state index contributed by atoms with van der Waals surface area (Å²) in [5.74, 6) is 1.86. The lowest BCUT2D eigenvalue weighted by atomic mass is 9.98. The Morgan fingerprint density at radius 2 is 1.96 bits per heavy atom. The number of carbonyl (C=O) groups is 1. The Kier molecular flexibility index (Phi) is 8.48. The number of fused-ring (bicyclic) bond motifs is 7. The van der Waals surface area contributed by atoms with Crippen molar-refractivity contribution in [3.8, 4) is 0 Å². The largest absolute Gasteiger partial charge is 0.392 e. The second-order valence-corrected chi connectivity index (χ2v) is 14.3. The molecule has 3 atom stereocenters. The number of allylic oxidation sites excluding steroid dienone is 1. The smallest absolute Gasteiger partial charge is 0.276 e. The molecule has 50 heavy (non-hydrogen) atoms. The highest BCUT2D eigenvalue weighted by Crippen LogP contribution is 2.54. The number of carbonyl (C=O) groups excluding carboxylic acids is 1. The van der Waals surface area contributed by atoms with Gasteiger partial charge in [0.1, 0.15) is 23.0 Å². The number of ether oxygens (including phenoxy) is 1. The van der Waals surface area contributed by atoms with Crippen LogP contribution in [-0.4, -0.2) is 99.7 Å². The van der Waals surface area contributed by atoms with Gasteiger partial charge in [0.2, 0.25) is 0 Å². The summed E-state index contributed by atoms with van der Waals surface area (Å²) in [5.41, 5.74) is 6.35. The van der Waals surface area contributed by atoms with Crippen molar-refractivity contribution in [2.24, 2.45) is 12.0 Å². The van der Waals surface area contributed by atoms with Crippen molar-refractivity contribution < 1.29 is 14.6 Å². The highest BCUT2D eigenvalue weighted by molar-refractivity contribution is 5.96. The second kappa shape index (κ2) is 13.0. The first kappa shape index (κ1) is 32.7. The van der Waals surface area contributed by atoms with Gasteiger partial charge >= 0.3 is 0 Å². The molecule has 3 fully saturated rings. The van der Waals surface area contributed by atoms with Gasteiger partial charge in [0, 0.05) is 74.8 Å². The van der Waals surface area contributed by atoms with Crippen LogP contribution in [0.15, 0.2) is 63.9 Å². The number of amides is 1. The fourth-order valence-corrected chi connectivity index (χ4v) is 8.93. The van der Waals surface area contributed by atoms with Crippen molar-refractivity contribution in [3.05, 3.63) is 87.0 Å². The molecule has 3 aliphatic heterocycles. The van der Waals surface area contributed by atoms with Crippen molar-refractivity contribution in [3.63, 3.8) is 0 Å². The summed E-state index contributed by atoms with van der Waals surface area (Å²) in [7, 11) is 1.70. The summed E-state index contributed by atoms with van der Waals surface area (Å²) >= 11 is 0. The molecule has 3 aromatic heterocycles. The Labute approximate surface area is 292 Å². The third-order valence-electron chi connectivity index (χ3n) is 11.5. The van der Waals surface area contributed by atoms with Crippen LogP contribution in [-0.2, 0) is 18.3 Å². The SMILES string of the molecule is C=N/C(=C(CO)\C(=C/C)c1cc(Nc2ccc(N3CCN(C4COC4)C[C@@H]3C)cn2)c(=O)n(C)c1)N1CCn2c(cc3c2[C@@H]2CC[C@@H]3C2)C1=O. The fourth-order valence-electron chi connectivity index (χ4n) is 8.93. The molecule has 12 nitrogen and oxygen atoms in total. The van der Waals surface area contributed by atoms with Crippen LogP contribution in [0.5, 0.6) is 0 Å². The molecule has 262 valence electrons. The first-order chi connectivity index (χ1) is 24.3. The highest BCUT2D eigenvalue weighted by Gasteiger charge is 2.43. The summed E-state index contributed by atoms with van der Waals surface area (Å²) in [6.07, 6.45) is 9.05. The van der Waals surface area contributed by atoms with E-state index in [0.717, 1.165) is 38.5 Å². The van der Waals surface area contributed by atoms with Crippen LogP contribution in [0.1, 0.15) is 72.3 Å². The van der Waals surface area contributed by atoms with Crippen molar-refractivity contribution in [1.29, 1.82) is 0 Å². The van der Waals surface area contributed by atoms with Crippen molar-refractivity contribution in [2.45, 2.75) is 63.6 Å². The van der Waals surface area contributed by atoms with Gasteiger partial charge in [-0.2, -0.15) is 0 Å². The summed E-state index contributed by atoms with van der Waals surface area (Å²) in [4.78, 5) is 42.9. The molecule has 5 aliphatic rings. The lowest BCUT2D eigenvalue weighted by Gasteiger charge is -2.46. The molecule has 2 bridgehead atoms. The summed E-state index contributed by atoms with van der Waals surface area (Å²) in [6.45, 7) is 13.2. The number of anilines is 3. The van der Waals surface area contributed by atoms with Gasteiger partial charge in [-0.25, -0.2) is 9.98 Å². The molecule has 6 heterocycles. The lowest BCUT2D eigenvalue weighted by Crippen LogP contribution is -2.59. The van der Waals surface area contributed by atoms with Crippen molar-refractivity contribution >= 4 is 35.4 Å². The molecular weight excluding hydrogens is 632 g/mol. The van der Waals surface area contributed by atoms with E-state index in [9.17, 15) is 14.7 Å². The van der Waals surface area contributed by atoms with Gasteiger partial charge in [0.05, 0.1) is 37.7 Å². The number of aryl methyl sites for hydroxylation is 1. The number of hydrogen-bond acceptors (Lipinski definition) is 9. The molecule has 0 spiro atoms. The average Bonchev–Trinajstić information content (AvgIpc) is 3.82. The van der Waals surface area contributed by atoms with E-state index in [0.29, 0.717) is 76.7 Å². The van der Waals surface area contributed by atoms with Crippen LogP contribution in [0.25, 0.3) is 5.57 Å². The second-order valence-electron chi connectivity index (χ2n) is 14.3. The maximum absolute atomic E-state index is 14.0. The van der Waals surface area contributed by atoms with Crippen molar-refractivity contribution in [1.82, 2.24) is 23.9 Å². The number of rotatable bonds is 9. The van der Waals surface area contributed by atoms with Crippen LogP contribution >= 0.6 is 0 Å². The van der Waals surface area contributed by atoms with Gasteiger partial charge in [-0.3, -0.25) is 19.4 Å². The van der Waals surface area contributed by atoms with Gasteiger partial charge in [-0.15, -0.1) is 0 Å². The monoisotopic (exact) mass is 678 g/mol. The summed E-state index contributed by atoms with van der Waals surface area (Å²) in [6, 6.07) is 8.67. The van der Waals surface area contributed by atoms with E-state index < -0.39 is 0 Å². The van der Waals surface area contributed by atoms with Crippen LogP contribution in [0.2, 0.25) is 0 Å². The minimum absolute atomic E-state index is 0.129. The minimum atomic E-state index is -0.366. The topological polar surface area (TPSA) is 120 Å². The molecule has 1 saturated carbocycles. The highest BCUT2D eigenvalue weighted by atomic mass is 16.5. The van der Waals surface area contributed by atoms with Gasteiger partial charge in [0.25, 0.3) is 11.5 Å². The number of aliphatic hydroxyl groups is 1. The quantitative estimate of drug-likeness (QED) is 0.257. The van der Waals surface area contributed by atoms with Crippen LogP contribution < -0.4 is 15.8 Å². The molecule has 2 N–H and O–H groups in total. The Balaban J connectivity index is 1.04. The molecule has 2 saturated heterocycles. The molecule has 0 radical (unpaired) electrons. The summed E-state index contributed by atoms with van der Waals surface area (Å²) < 4.78 is 9.12. The Morgan fingerprint density at radius 1 is 1.14 bits per heavy atom. The number of pyridine rings is 2. The zero-order valence-corrected chi connectivity index (χ0v) is 29.1. The fraction of sp³-hybridized carbons (Fsp3) is 0.474. The zero-order valence-electron chi connectivity index (χ0n) is 29.1. The number of aromatic nitrogens is 3. The van der Waals surface area contributed by atoms with E-state index in [1.807, 2.05) is 31.3 Å². The number of aliphatic imine (C=N–C) groups is 1. The normalized spacial score (nSPS) is 24.2. The van der Waals surface area contributed by atoms with E-state index in [1.54, 1.807) is 24.2 Å². The molecule has 0 unspecified atom stereocenters. The van der Waals surface area contributed by atoms with Gasteiger partial charge < -0.3 is 29.2 Å². The van der Waals surface area contributed by atoms with Crippen LogP contribution in [0.4, 0.5) is 17.2 Å². The molecule has 12 heteroatoms. The molecule has 0 aromatic carbocycles. The van der Waals surface area contributed by atoms with Crippen LogP contribution in [0.3, 0.4) is 0 Å². The number of nitrogens with one attached hydrogen (secondary N) is 1. The lowest BCUT2D eigenvalue weighted by molar-refractivity contribution is -0.0691. The van der Waals surface area contributed by atoms with Crippen LogP contribution in [0, 0.1) is 0 Å². The third-order valence-corrected chi connectivity index (χ3v) is 11.5. The Bertz CT molecular complexity index is 1960. The van der Waals surface area contributed by atoms with E-state index >= 15 is 0 Å². The zero-order chi connectivity index (χ0) is 34.7. The number of piperazine rings is 1. The number of hydrogen-bond donors (Lipinski definition) is 2. The predicted molar refractivity (Wildman–Crippen MR) is 194 cm³/mol. The predicted octanol–water partition coefficient (Wildman–Crippen LogP) is 4.06. The van der Waals surface area contributed by atoms with Gasteiger partial charge in [-0.1, -0.05) is 6.08 Å². The van der Waals surface area contributed by atoms with Crippen molar-refractivity contribution in [2.75, 3.05) is 56.2 Å². The van der Waals surface area contributed by atoms with E-state index in [2.05, 4.69) is 49.4 Å². The molecule has 2 aliphatic carbocycles.